The highest BCUT2D eigenvalue weighted by molar-refractivity contribution is 5.49. The molecular weight excluding hydrogens is 318 g/mol. The lowest BCUT2D eigenvalue weighted by Gasteiger charge is -2.38. The van der Waals surface area contributed by atoms with Crippen molar-refractivity contribution in [2.45, 2.75) is 18.3 Å². The molecule has 128 valence electrons. The molecular formula is C19H19N3O3. The fourth-order valence-corrected chi connectivity index (χ4v) is 3.43. The third-order valence-corrected chi connectivity index (χ3v) is 4.94. The Morgan fingerprint density at radius 2 is 1.96 bits per heavy atom. The number of hydrogen-bond acceptors (Lipinski definition) is 6. The summed E-state index contributed by atoms with van der Waals surface area (Å²) in [7, 11) is 0. The standard InChI is InChI=1S/C19H19N3O3/c20-11-16-10-15(3-6-21-16)22-12-19(4-7-23-8-5-19)14-1-2-17-18(9-14)25-13-24-17/h1-3,6,9-10H,4-5,7-8,12-13H2,(H,21,22). The van der Waals surface area contributed by atoms with E-state index in [1.165, 1.54) is 5.56 Å². The molecule has 2 aromatic rings. The van der Waals surface area contributed by atoms with Gasteiger partial charge in [-0.25, -0.2) is 4.98 Å². The molecule has 3 heterocycles. The fourth-order valence-electron chi connectivity index (χ4n) is 3.43. The van der Waals surface area contributed by atoms with Crippen LogP contribution in [0.25, 0.3) is 0 Å². The SMILES string of the molecule is N#Cc1cc(NCC2(c3ccc4c(c3)OCO4)CCOCC2)ccn1. The lowest BCUT2D eigenvalue weighted by molar-refractivity contribution is 0.0543. The molecule has 0 unspecified atom stereocenters. The predicted octanol–water partition coefficient (Wildman–Crippen LogP) is 2.84. The minimum atomic E-state index is -0.0463. The van der Waals surface area contributed by atoms with E-state index in [1.807, 2.05) is 12.1 Å². The molecule has 1 aromatic heterocycles. The van der Waals surface area contributed by atoms with Crippen molar-refractivity contribution < 1.29 is 14.2 Å². The summed E-state index contributed by atoms with van der Waals surface area (Å²) >= 11 is 0. The van der Waals surface area contributed by atoms with E-state index in [2.05, 4.69) is 28.5 Å². The maximum Gasteiger partial charge on any atom is 0.231 e. The van der Waals surface area contributed by atoms with Crippen LogP contribution in [0.4, 0.5) is 5.69 Å². The van der Waals surface area contributed by atoms with E-state index in [0.717, 1.165) is 49.8 Å². The van der Waals surface area contributed by atoms with Gasteiger partial charge in [-0.05, 0) is 42.7 Å². The molecule has 0 saturated carbocycles. The Labute approximate surface area is 146 Å². The highest BCUT2D eigenvalue weighted by Gasteiger charge is 2.35. The van der Waals surface area contributed by atoms with Crippen LogP contribution in [0.1, 0.15) is 24.1 Å². The summed E-state index contributed by atoms with van der Waals surface area (Å²) in [5, 5.41) is 12.5. The van der Waals surface area contributed by atoms with Crippen LogP contribution in [-0.2, 0) is 10.2 Å². The zero-order valence-electron chi connectivity index (χ0n) is 13.8. The van der Waals surface area contributed by atoms with Crippen LogP contribution in [-0.4, -0.2) is 31.5 Å². The van der Waals surface area contributed by atoms with Gasteiger partial charge in [-0.15, -0.1) is 0 Å². The number of rotatable bonds is 4. The van der Waals surface area contributed by atoms with Crippen molar-refractivity contribution in [3.05, 3.63) is 47.8 Å². The third kappa shape index (κ3) is 3.11. The normalized spacial score (nSPS) is 17.7. The molecule has 1 saturated heterocycles. The summed E-state index contributed by atoms with van der Waals surface area (Å²) in [6.07, 6.45) is 3.50. The van der Waals surface area contributed by atoms with Crippen LogP contribution >= 0.6 is 0 Å². The molecule has 6 nitrogen and oxygen atoms in total. The molecule has 0 aliphatic carbocycles. The number of fused-ring (bicyclic) bond motifs is 1. The number of benzene rings is 1. The molecule has 0 bridgehead atoms. The van der Waals surface area contributed by atoms with E-state index in [-0.39, 0.29) is 12.2 Å². The first-order chi connectivity index (χ1) is 12.3. The monoisotopic (exact) mass is 337 g/mol. The molecule has 6 heteroatoms. The maximum absolute atomic E-state index is 9.01. The van der Waals surface area contributed by atoms with Gasteiger partial charge in [0.25, 0.3) is 0 Å². The second kappa shape index (κ2) is 6.61. The van der Waals surface area contributed by atoms with Crippen molar-refractivity contribution in [2.24, 2.45) is 0 Å². The molecule has 1 fully saturated rings. The molecule has 0 radical (unpaired) electrons. The summed E-state index contributed by atoms with van der Waals surface area (Å²) in [4.78, 5) is 4.02. The number of nitriles is 1. The van der Waals surface area contributed by atoms with Gasteiger partial charge in [0.2, 0.25) is 6.79 Å². The molecule has 2 aliphatic heterocycles. The second-order valence-corrected chi connectivity index (χ2v) is 6.36. The molecule has 0 atom stereocenters. The molecule has 25 heavy (non-hydrogen) atoms. The van der Waals surface area contributed by atoms with E-state index >= 15 is 0 Å². The molecule has 4 rings (SSSR count). The lowest BCUT2D eigenvalue weighted by atomic mass is 9.74. The number of ether oxygens (including phenoxy) is 3. The van der Waals surface area contributed by atoms with Gasteiger partial charge < -0.3 is 19.5 Å². The van der Waals surface area contributed by atoms with Crippen LogP contribution in [0, 0.1) is 11.3 Å². The van der Waals surface area contributed by atoms with Crippen LogP contribution < -0.4 is 14.8 Å². The fraction of sp³-hybridized carbons (Fsp3) is 0.368. The average Bonchev–Trinajstić information content (AvgIpc) is 3.15. The molecule has 2 aliphatic rings. The Bertz CT molecular complexity index is 810. The van der Waals surface area contributed by atoms with Gasteiger partial charge in [-0.1, -0.05) is 6.07 Å². The van der Waals surface area contributed by atoms with Crippen LogP contribution in [0.15, 0.2) is 36.5 Å². The Balaban J connectivity index is 1.60. The van der Waals surface area contributed by atoms with Gasteiger partial charge in [-0.2, -0.15) is 5.26 Å². The van der Waals surface area contributed by atoms with Crippen LogP contribution in [0.3, 0.4) is 0 Å². The number of pyridine rings is 1. The lowest BCUT2D eigenvalue weighted by Crippen LogP contribution is -2.40. The highest BCUT2D eigenvalue weighted by Crippen LogP contribution is 2.41. The molecule has 0 spiro atoms. The smallest absolute Gasteiger partial charge is 0.231 e. The number of aromatic nitrogens is 1. The molecule has 0 amide bonds. The summed E-state index contributed by atoms with van der Waals surface area (Å²) < 4.78 is 16.6. The topological polar surface area (TPSA) is 76.4 Å². The van der Waals surface area contributed by atoms with Crippen molar-refractivity contribution in [1.82, 2.24) is 4.98 Å². The van der Waals surface area contributed by atoms with Crippen molar-refractivity contribution in [3.63, 3.8) is 0 Å². The number of nitrogens with one attached hydrogen (secondary N) is 1. The minimum absolute atomic E-state index is 0.0463. The second-order valence-electron chi connectivity index (χ2n) is 6.36. The van der Waals surface area contributed by atoms with E-state index in [4.69, 9.17) is 19.5 Å². The van der Waals surface area contributed by atoms with E-state index < -0.39 is 0 Å². The molecule has 1 aromatic carbocycles. The van der Waals surface area contributed by atoms with Gasteiger partial charge in [0, 0.05) is 37.1 Å². The average molecular weight is 337 g/mol. The predicted molar refractivity (Wildman–Crippen MR) is 91.7 cm³/mol. The summed E-state index contributed by atoms with van der Waals surface area (Å²) in [5.41, 5.74) is 2.49. The first-order valence-corrected chi connectivity index (χ1v) is 8.37. The van der Waals surface area contributed by atoms with Crippen LogP contribution in [0.5, 0.6) is 11.5 Å². The van der Waals surface area contributed by atoms with E-state index in [9.17, 15) is 0 Å². The summed E-state index contributed by atoms with van der Waals surface area (Å²) in [5.74, 6) is 1.60. The highest BCUT2D eigenvalue weighted by atomic mass is 16.7. The Morgan fingerprint density at radius 1 is 1.12 bits per heavy atom. The minimum Gasteiger partial charge on any atom is -0.454 e. The van der Waals surface area contributed by atoms with Gasteiger partial charge in [0.1, 0.15) is 11.8 Å². The van der Waals surface area contributed by atoms with Crippen molar-refractivity contribution in [3.8, 4) is 17.6 Å². The van der Waals surface area contributed by atoms with Crippen molar-refractivity contribution in [2.75, 3.05) is 31.9 Å². The van der Waals surface area contributed by atoms with Gasteiger partial charge in [0.15, 0.2) is 11.5 Å². The summed E-state index contributed by atoms with van der Waals surface area (Å²) in [6, 6.07) is 11.9. The van der Waals surface area contributed by atoms with E-state index in [0.29, 0.717) is 5.69 Å². The maximum atomic E-state index is 9.01. The van der Waals surface area contributed by atoms with Gasteiger partial charge in [-0.3, -0.25) is 0 Å². The number of nitrogens with zero attached hydrogens (tertiary/aromatic N) is 2. The Hall–Kier alpha value is -2.78. The first kappa shape index (κ1) is 15.7. The van der Waals surface area contributed by atoms with Gasteiger partial charge >= 0.3 is 0 Å². The quantitative estimate of drug-likeness (QED) is 0.924. The van der Waals surface area contributed by atoms with Gasteiger partial charge in [0.05, 0.1) is 0 Å². The largest absolute Gasteiger partial charge is 0.454 e. The number of anilines is 1. The zero-order valence-corrected chi connectivity index (χ0v) is 13.8. The summed E-state index contributed by atoms with van der Waals surface area (Å²) in [6.45, 7) is 2.50. The molecule has 1 N–H and O–H groups in total. The number of hydrogen-bond donors (Lipinski definition) is 1. The Kier molecular flexibility index (Phi) is 4.16. The van der Waals surface area contributed by atoms with Crippen molar-refractivity contribution >= 4 is 5.69 Å². The zero-order chi connectivity index (χ0) is 17.1. The van der Waals surface area contributed by atoms with Crippen LogP contribution in [0.2, 0.25) is 0 Å². The third-order valence-electron chi connectivity index (χ3n) is 4.94. The van der Waals surface area contributed by atoms with E-state index in [1.54, 1.807) is 12.3 Å². The Morgan fingerprint density at radius 3 is 2.80 bits per heavy atom. The van der Waals surface area contributed by atoms with Crippen molar-refractivity contribution in [1.29, 1.82) is 5.26 Å². The first-order valence-electron chi connectivity index (χ1n) is 8.37.